The summed E-state index contributed by atoms with van der Waals surface area (Å²) in [6.45, 7) is 9.11. The Balaban J connectivity index is 0.00000162. The number of hydrogen-bond donors (Lipinski definition) is 0. The van der Waals surface area contributed by atoms with E-state index >= 15 is 0 Å². The maximum atomic E-state index is 6.57. The summed E-state index contributed by atoms with van der Waals surface area (Å²) in [5.41, 5.74) is 0. The standard InChI is InChI=1S/C14H20OSi2.Zr/c1-16(2,13-9-5-6-10-13)15-17(3,4)14-11-7-8-12-14;/h5,7,9,11H,6,8H2,1-4H3;/q-2;+2. The second-order valence-corrected chi connectivity index (χ2v) is 13.5. The average molecular weight is 352 g/mol. The van der Waals surface area contributed by atoms with Crippen LogP contribution in [0.3, 0.4) is 0 Å². The summed E-state index contributed by atoms with van der Waals surface area (Å²) in [4.78, 5) is 0. The molecule has 4 heteroatoms. The maximum Gasteiger partial charge on any atom is 2.00 e. The van der Waals surface area contributed by atoms with Crippen LogP contribution in [0, 0.1) is 12.2 Å². The molecular weight excluding hydrogens is 332 g/mol. The molecule has 0 aromatic heterocycles. The monoisotopic (exact) mass is 350 g/mol. The quantitative estimate of drug-likeness (QED) is 0.552. The molecule has 0 saturated carbocycles. The zero-order chi connectivity index (χ0) is 12.5. The van der Waals surface area contributed by atoms with E-state index in [0.717, 1.165) is 12.8 Å². The van der Waals surface area contributed by atoms with E-state index in [-0.39, 0.29) is 26.2 Å². The Bertz CT molecular complexity index is 391. The summed E-state index contributed by atoms with van der Waals surface area (Å²) >= 11 is 0. The van der Waals surface area contributed by atoms with E-state index in [9.17, 15) is 0 Å². The minimum atomic E-state index is -1.79. The van der Waals surface area contributed by atoms with Gasteiger partial charge in [0.15, 0.2) is 16.6 Å². The molecule has 0 N–H and O–H groups in total. The molecule has 0 aromatic rings. The van der Waals surface area contributed by atoms with Gasteiger partial charge in [0.2, 0.25) is 0 Å². The fourth-order valence-electron chi connectivity index (χ4n) is 2.38. The van der Waals surface area contributed by atoms with Gasteiger partial charge in [-0.25, -0.2) is 22.5 Å². The molecule has 0 spiro atoms. The first kappa shape index (κ1) is 16.3. The fraction of sp³-hybridized carbons (Fsp3) is 0.429. The van der Waals surface area contributed by atoms with Crippen molar-refractivity contribution in [2.45, 2.75) is 39.0 Å². The molecule has 0 atom stereocenters. The van der Waals surface area contributed by atoms with Crippen LogP contribution in [0.5, 0.6) is 0 Å². The SMILES string of the molecule is C[Si](C)(O[Si](C)(C)C1=[C-]CC=C1)C1=[C-]CC=C1.[Zr+2]. The Hall–Kier alpha value is 0.237. The predicted molar refractivity (Wildman–Crippen MR) is 77.1 cm³/mol. The third kappa shape index (κ3) is 3.63. The summed E-state index contributed by atoms with van der Waals surface area (Å²) in [6.07, 6.45) is 17.5. The molecular formula is C14H20OSi2Zr. The Morgan fingerprint density at radius 2 is 1.28 bits per heavy atom. The average Bonchev–Trinajstić information content (AvgIpc) is 2.91. The first-order valence-electron chi connectivity index (χ1n) is 6.18. The molecule has 0 fully saturated rings. The van der Waals surface area contributed by atoms with Crippen LogP contribution in [0.15, 0.2) is 34.7 Å². The molecule has 0 bridgehead atoms. The van der Waals surface area contributed by atoms with Crippen LogP contribution in [0.25, 0.3) is 0 Å². The van der Waals surface area contributed by atoms with Crippen molar-refractivity contribution in [3.05, 3.63) is 46.8 Å². The van der Waals surface area contributed by atoms with E-state index in [1.165, 1.54) is 10.4 Å². The molecule has 0 saturated heterocycles. The van der Waals surface area contributed by atoms with Gasteiger partial charge >= 0.3 is 26.2 Å². The van der Waals surface area contributed by atoms with E-state index in [1.54, 1.807) is 0 Å². The van der Waals surface area contributed by atoms with E-state index in [1.807, 2.05) is 0 Å². The summed E-state index contributed by atoms with van der Waals surface area (Å²) in [6, 6.07) is 0. The summed E-state index contributed by atoms with van der Waals surface area (Å²) in [5.74, 6) is 0. The van der Waals surface area contributed by atoms with Crippen molar-refractivity contribution in [3.63, 3.8) is 0 Å². The Kier molecular flexibility index (Phi) is 5.54. The normalized spacial score (nSPS) is 18.7. The number of rotatable bonds is 4. The third-order valence-corrected chi connectivity index (χ3v) is 10.6. The van der Waals surface area contributed by atoms with Crippen molar-refractivity contribution in [2.24, 2.45) is 0 Å². The first-order valence-corrected chi connectivity index (χ1v) is 12.0. The Labute approximate surface area is 132 Å². The molecule has 1 nitrogen and oxygen atoms in total. The van der Waals surface area contributed by atoms with Gasteiger partial charge in [-0.3, -0.25) is 12.2 Å². The van der Waals surface area contributed by atoms with Crippen LogP contribution in [0.4, 0.5) is 0 Å². The van der Waals surface area contributed by atoms with Crippen LogP contribution in [-0.2, 0) is 30.3 Å². The maximum absolute atomic E-state index is 6.57. The Morgan fingerprint density at radius 3 is 1.56 bits per heavy atom. The summed E-state index contributed by atoms with van der Waals surface area (Å²) in [7, 11) is -3.57. The van der Waals surface area contributed by atoms with Crippen LogP contribution < -0.4 is 0 Å². The second-order valence-electron chi connectivity index (χ2n) is 5.52. The molecule has 18 heavy (non-hydrogen) atoms. The minimum Gasteiger partial charge on any atom is -0.453 e. The van der Waals surface area contributed by atoms with Crippen molar-refractivity contribution < 1.29 is 30.3 Å². The molecule has 0 unspecified atom stereocenters. The van der Waals surface area contributed by atoms with E-state index in [2.05, 4.69) is 62.6 Å². The van der Waals surface area contributed by atoms with Gasteiger partial charge in [0.1, 0.15) is 0 Å². The van der Waals surface area contributed by atoms with Gasteiger partial charge in [-0.05, 0) is 26.2 Å². The number of hydrogen-bond acceptors (Lipinski definition) is 1. The number of allylic oxidation sites excluding steroid dienone is 8. The fourth-order valence-corrected chi connectivity index (χ4v) is 10.5. The van der Waals surface area contributed by atoms with Gasteiger partial charge < -0.3 is 4.12 Å². The molecule has 0 aliphatic heterocycles. The summed E-state index contributed by atoms with van der Waals surface area (Å²) in [5, 5.41) is 2.64. The molecule has 0 heterocycles. The van der Waals surface area contributed by atoms with Gasteiger partial charge in [0.25, 0.3) is 0 Å². The minimum absolute atomic E-state index is 0. The van der Waals surface area contributed by atoms with E-state index in [4.69, 9.17) is 4.12 Å². The van der Waals surface area contributed by atoms with Crippen molar-refractivity contribution in [2.75, 3.05) is 0 Å². The van der Waals surface area contributed by atoms with Crippen molar-refractivity contribution in [3.8, 4) is 0 Å². The molecule has 94 valence electrons. The predicted octanol–water partition coefficient (Wildman–Crippen LogP) is 3.87. The smallest absolute Gasteiger partial charge is 0.453 e. The van der Waals surface area contributed by atoms with Gasteiger partial charge in [-0.15, -0.1) is 12.8 Å². The van der Waals surface area contributed by atoms with Gasteiger partial charge in [-0.2, -0.15) is 12.2 Å². The van der Waals surface area contributed by atoms with E-state index < -0.39 is 16.6 Å². The Morgan fingerprint density at radius 1 is 0.889 bits per heavy atom. The molecule has 0 radical (unpaired) electrons. The largest absolute Gasteiger partial charge is 2.00 e. The van der Waals surface area contributed by atoms with Crippen LogP contribution in [0.2, 0.25) is 26.2 Å². The van der Waals surface area contributed by atoms with E-state index in [0.29, 0.717) is 0 Å². The van der Waals surface area contributed by atoms with Crippen molar-refractivity contribution in [1.82, 2.24) is 0 Å². The van der Waals surface area contributed by atoms with Crippen molar-refractivity contribution >= 4 is 16.6 Å². The zero-order valence-electron chi connectivity index (χ0n) is 11.6. The molecule has 2 aliphatic rings. The molecule has 2 aliphatic carbocycles. The summed E-state index contributed by atoms with van der Waals surface area (Å²) < 4.78 is 6.57. The van der Waals surface area contributed by atoms with Crippen LogP contribution in [0.1, 0.15) is 12.8 Å². The molecule has 0 aromatic carbocycles. The molecule has 2 rings (SSSR count). The van der Waals surface area contributed by atoms with Crippen LogP contribution >= 0.6 is 0 Å². The third-order valence-electron chi connectivity index (χ3n) is 3.20. The van der Waals surface area contributed by atoms with Crippen molar-refractivity contribution in [1.29, 1.82) is 0 Å². The first-order chi connectivity index (χ1) is 7.92. The zero-order valence-corrected chi connectivity index (χ0v) is 16.1. The second kappa shape index (κ2) is 6.13. The molecule has 0 amide bonds. The topological polar surface area (TPSA) is 9.23 Å². The van der Waals surface area contributed by atoms with Gasteiger partial charge in [-0.1, -0.05) is 0 Å². The van der Waals surface area contributed by atoms with Gasteiger partial charge in [0.05, 0.1) is 0 Å². The van der Waals surface area contributed by atoms with Crippen LogP contribution in [-0.4, -0.2) is 16.6 Å². The van der Waals surface area contributed by atoms with Gasteiger partial charge in [0, 0.05) is 0 Å².